The van der Waals surface area contributed by atoms with Crippen LogP contribution < -0.4 is 41.1 Å². The van der Waals surface area contributed by atoms with E-state index >= 15 is 0 Å². The third kappa shape index (κ3) is 196. The molecule has 10 nitrogen and oxygen atoms in total. The van der Waals surface area contributed by atoms with Gasteiger partial charge >= 0.3 is 0 Å². The van der Waals surface area contributed by atoms with Gasteiger partial charge < -0.3 is 50.4 Å². The molecule has 0 radical (unpaired) electrons. The molecule has 198 valence electrons. The highest BCUT2D eigenvalue weighted by Gasteiger charge is 1.74. The Hall–Kier alpha value is -0.130. The Balaban J connectivity index is -0.0000000606. The summed E-state index contributed by atoms with van der Waals surface area (Å²) >= 11 is 0. The van der Waals surface area contributed by atoms with Crippen molar-refractivity contribution in [3.8, 4) is 0 Å². The first-order chi connectivity index (χ1) is 14.4. The maximum Gasteiger partial charge on any atom is 0.0726 e. The standard InChI is InChI=1S/4C4H11N.C4H9O2.H3O4P/c4*1-3-5-4-2;1-3-6-4(2)5;1-5(2,3)4/h4*5H,3-4H2,1-2H3;4H,3H2,1-2H3;(H3,1,2,3,4)/q;;;;-1;/p+1. The first kappa shape index (κ1) is 44.5. The van der Waals surface area contributed by atoms with Gasteiger partial charge in [0.2, 0.25) is 0 Å². The molecule has 31 heavy (non-hydrogen) atoms. The fourth-order valence-electron chi connectivity index (χ4n) is 1.39. The molecule has 0 heterocycles. The van der Waals surface area contributed by atoms with Crippen molar-refractivity contribution in [3.05, 3.63) is 0 Å². The number of nitrogens with two attached hydrogens (primary N) is 4. The zero-order valence-corrected chi connectivity index (χ0v) is 23.0. The van der Waals surface area contributed by atoms with Crippen LogP contribution in [0.25, 0.3) is 0 Å². The lowest BCUT2D eigenvalue weighted by Gasteiger charge is -2.36. The predicted octanol–water partition coefficient (Wildman–Crippen LogP) is -4.74. The minimum absolute atomic E-state index is 0.519. The summed E-state index contributed by atoms with van der Waals surface area (Å²) in [4.78, 5) is 25.6. The topological polar surface area (TPSA) is 185 Å². The smallest absolute Gasteiger partial charge is 0.0726 e. The van der Waals surface area contributed by atoms with E-state index in [1.807, 2.05) is 0 Å². The average molecular weight is 481 g/mol. The van der Waals surface area contributed by atoms with E-state index in [1.165, 1.54) is 59.3 Å². The van der Waals surface area contributed by atoms with Crippen molar-refractivity contribution in [1.82, 2.24) is 0 Å². The van der Waals surface area contributed by atoms with Gasteiger partial charge in [-0.05, 0) is 68.6 Å². The summed E-state index contributed by atoms with van der Waals surface area (Å²) < 4.78 is 13.0. The van der Waals surface area contributed by atoms with E-state index in [2.05, 4.69) is 81.4 Å². The van der Waals surface area contributed by atoms with Crippen LogP contribution in [0.5, 0.6) is 0 Å². The molecule has 0 aromatic heterocycles. The highest BCUT2D eigenvalue weighted by atomic mass is 31.2. The summed E-state index contributed by atoms with van der Waals surface area (Å²) in [5.41, 5.74) is 0. The largest absolute Gasteiger partial charge is 0.831 e. The zero-order chi connectivity index (χ0) is 26.0. The number of phosphoric acid groups is 1. The van der Waals surface area contributed by atoms with Gasteiger partial charge in [-0.2, -0.15) is 7.82 Å². The Kier molecular flexibility index (Phi) is 68.4. The Bertz CT molecular complexity index is 246. The van der Waals surface area contributed by atoms with Crippen LogP contribution in [0, 0.1) is 0 Å². The van der Waals surface area contributed by atoms with E-state index < -0.39 is 14.1 Å². The maximum atomic E-state index is 9.90. The Morgan fingerprint density at radius 1 is 0.613 bits per heavy atom. The molecule has 0 aromatic rings. The van der Waals surface area contributed by atoms with Crippen LogP contribution in [0.1, 0.15) is 69.2 Å². The summed E-state index contributed by atoms with van der Waals surface area (Å²) in [6, 6.07) is 0. The first-order valence-corrected chi connectivity index (χ1v) is 13.2. The van der Waals surface area contributed by atoms with E-state index in [0.717, 1.165) is 0 Å². The Morgan fingerprint density at radius 2 is 0.774 bits per heavy atom. The van der Waals surface area contributed by atoms with Crippen LogP contribution in [-0.4, -0.2) is 65.3 Å². The molecule has 1 unspecified atom stereocenters. The molecule has 0 saturated carbocycles. The van der Waals surface area contributed by atoms with Crippen LogP contribution in [0.4, 0.5) is 0 Å². The van der Waals surface area contributed by atoms with Crippen molar-refractivity contribution in [2.24, 2.45) is 0 Å². The highest BCUT2D eigenvalue weighted by Crippen LogP contribution is 2.03. The van der Waals surface area contributed by atoms with Gasteiger partial charge in [0.15, 0.2) is 0 Å². The molecule has 0 fully saturated rings. The third-order valence-corrected chi connectivity index (χ3v) is 2.71. The molecule has 0 aromatic carbocycles. The molecule has 11 heteroatoms. The number of hydrogen-bond donors (Lipinski definition) is 4. The molecule has 0 rings (SSSR count). The van der Waals surface area contributed by atoms with Crippen molar-refractivity contribution in [3.63, 3.8) is 0 Å². The molecule has 0 amide bonds. The second-order valence-corrected chi connectivity index (χ2v) is 6.79. The van der Waals surface area contributed by atoms with Crippen LogP contribution in [0.2, 0.25) is 0 Å². The SMILES string of the molecule is CCOC(C)[O-].CC[NH2+]CC.CC[NH2+]CC.CC[NH2+]CC.CC[NH2+]CC.O=P([O-])([O-])[O-]. The van der Waals surface area contributed by atoms with Gasteiger partial charge in [-0.1, -0.05) is 6.92 Å². The molecular formula is C20H57N4O6P. The second-order valence-electron chi connectivity index (χ2n) is 5.89. The molecule has 0 spiro atoms. The summed E-state index contributed by atoms with van der Waals surface area (Å²) in [5, 5.41) is 18.9. The van der Waals surface area contributed by atoms with Gasteiger partial charge in [-0.15, -0.1) is 0 Å². The second kappa shape index (κ2) is 47.6. The monoisotopic (exact) mass is 480 g/mol. The predicted molar refractivity (Wildman–Crippen MR) is 121 cm³/mol. The summed E-state index contributed by atoms with van der Waals surface area (Å²) in [7, 11) is -5.39. The first-order valence-electron chi connectivity index (χ1n) is 11.7. The summed E-state index contributed by atoms with van der Waals surface area (Å²) in [6.45, 7) is 30.8. The van der Waals surface area contributed by atoms with E-state index in [1.54, 1.807) is 6.92 Å². The van der Waals surface area contributed by atoms with Crippen molar-refractivity contribution in [1.29, 1.82) is 0 Å². The van der Waals surface area contributed by atoms with Gasteiger partial charge in [0.05, 0.1) is 52.4 Å². The average Bonchev–Trinajstić information content (AvgIpc) is 2.65. The van der Waals surface area contributed by atoms with Crippen molar-refractivity contribution in [2.75, 3.05) is 59.0 Å². The number of rotatable bonds is 10. The molecule has 0 bridgehead atoms. The normalized spacial score (nSPS) is 10.1. The molecule has 0 aliphatic rings. The number of hydrogen-bond acceptors (Lipinski definition) is 6. The molecule has 0 saturated heterocycles. The molecule has 1 atom stereocenters. The van der Waals surface area contributed by atoms with E-state index in [9.17, 15) is 5.11 Å². The molecule has 0 aliphatic heterocycles. The minimum atomic E-state index is -5.39. The Labute approximate surface area is 193 Å². The van der Waals surface area contributed by atoms with Crippen LogP contribution in [0.15, 0.2) is 0 Å². The van der Waals surface area contributed by atoms with Crippen LogP contribution in [-0.2, 0) is 9.30 Å². The van der Waals surface area contributed by atoms with Crippen LogP contribution >= 0.6 is 7.82 Å². The summed E-state index contributed by atoms with van der Waals surface area (Å²) in [5.74, 6) is 0. The minimum Gasteiger partial charge on any atom is -0.831 e. The quantitative estimate of drug-likeness (QED) is 0.180. The van der Waals surface area contributed by atoms with Crippen molar-refractivity contribution < 1.29 is 50.4 Å². The molecule has 8 N–H and O–H groups in total. The highest BCUT2D eigenvalue weighted by molar-refractivity contribution is 7.40. The van der Waals surface area contributed by atoms with Crippen LogP contribution in [0.3, 0.4) is 0 Å². The number of quaternary nitrogens is 4. The lowest BCUT2D eigenvalue weighted by molar-refractivity contribution is -0.648. The van der Waals surface area contributed by atoms with E-state index in [0.29, 0.717) is 6.61 Å². The number of ether oxygens (including phenoxy) is 1. The Morgan fingerprint density at radius 3 is 0.774 bits per heavy atom. The lowest BCUT2D eigenvalue weighted by atomic mass is 10.7. The maximum absolute atomic E-state index is 9.90. The zero-order valence-electron chi connectivity index (χ0n) is 22.1. The molecule has 0 aliphatic carbocycles. The van der Waals surface area contributed by atoms with Gasteiger partial charge in [0, 0.05) is 6.61 Å². The fraction of sp³-hybridized carbons (Fsp3) is 1.00. The summed E-state index contributed by atoms with van der Waals surface area (Å²) in [6.07, 6.45) is -0.852. The van der Waals surface area contributed by atoms with Crippen molar-refractivity contribution in [2.45, 2.75) is 75.5 Å². The third-order valence-electron chi connectivity index (χ3n) is 2.71. The van der Waals surface area contributed by atoms with Crippen molar-refractivity contribution >= 4 is 7.82 Å². The molecular weight excluding hydrogens is 423 g/mol. The van der Waals surface area contributed by atoms with Gasteiger partial charge in [0.1, 0.15) is 0 Å². The lowest BCUT2D eigenvalue weighted by Crippen LogP contribution is -2.82. The van der Waals surface area contributed by atoms with E-state index in [4.69, 9.17) is 19.2 Å². The fourth-order valence-corrected chi connectivity index (χ4v) is 1.39. The van der Waals surface area contributed by atoms with Gasteiger partial charge in [0.25, 0.3) is 0 Å². The van der Waals surface area contributed by atoms with Gasteiger partial charge in [-0.3, -0.25) is 0 Å². The van der Waals surface area contributed by atoms with Gasteiger partial charge in [-0.25, -0.2) is 0 Å². The van der Waals surface area contributed by atoms with E-state index in [-0.39, 0.29) is 0 Å².